The molecule has 2 aromatic carbocycles. The molecule has 1 amide bonds. The van der Waals surface area contributed by atoms with Crippen LogP contribution in [0.15, 0.2) is 47.4 Å². The number of carbonyl (C=O) groups excluding carboxylic acids is 1. The fraction of sp³-hybridized carbons (Fsp3) is 0.350. The van der Waals surface area contributed by atoms with Crippen molar-refractivity contribution in [1.29, 1.82) is 0 Å². The molecule has 1 N–H and O–H groups in total. The number of rotatable bonds is 10. The van der Waals surface area contributed by atoms with E-state index in [1.165, 1.54) is 51.7 Å². The second-order valence-corrected chi connectivity index (χ2v) is 8.73. The number of nitrogens with one attached hydrogen (secondary N) is 1. The molecule has 0 heterocycles. The highest BCUT2D eigenvalue weighted by molar-refractivity contribution is 7.92. The van der Waals surface area contributed by atoms with Gasteiger partial charge in [0.25, 0.3) is 10.0 Å². The summed E-state index contributed by atoms with van der Waals surface area (Å²) in [6.07, 6.45) is 0. The molecule has 2 aromatic rings. The number of ether oxygens (including phenoxy) is 3. The van der Waals surface area contributed by atoms with Gasteiger partial charge in [0.2, 0.25) is 5.91 Å². The van der Waals surface area contributed by atoms with Crippen molar-refractivity contribution < 1.29 is 27.4 Å². The van der Waals surface area contributed by atoms with Gasteiger partial charge in [0.15, 0.2) is 11.5 Å². The maximum Gasteiger partial charge on any atom is 0.264 e. The number of hydrogen-bond donors (Lipinski definition) is 1. The minimum Gasteiger partial charge on any atom is -0.493 e. The molecule has 0 unspecified atom stereocenters. The Bertz CT molecular complexity index is 966. The number of methoxy groups -OCH3 is 3. The van der Waals surface area contributed by atoms with E-state index in [4.69, 9.17) is 25.8 Å². The van der Waals surface area contributed by atoms with Crippen LogP contribution in [0.5, 0.6) is 11.5 Å². The van der Waals surface area contributed by atoms with Gasteiger partial charge in [-0.2, -0.15) is 0 Å². The Morgan fingerprint density at radius 1 is 1.07 bits per heavy atom. The van der Waals surface area contributed by atoms with Crippen molar-refractivity contribution in [2.45, 2.75) is 17.9 Å². The van der Waals surface area contributed by atoms with Crippen molar-refractivity contribution in [2.24, 2.45) is 0 Å². The van der Waals surface area contributed by atoms with Gasteiger partial charge in [-0.25, -0.2) is 8.42 Å². The molecule has 2 rings (SSSR count). The Morgan fingerprint density at radius 2 is 1.70 bits per heavy atom. The number of benzene rings is 2. The first-order chi connectivity index (χ1) is 14.2. The molecule has 0 radical (unpaired) electrons. The van der Waals surface area contributed by atoms with E-state index in [9.17, 15) is 13.2 Å². The van der Waals surface area contributed by atoms with E-state index in [0.717, 1.165) is 4.31 Å². The second-order valence-electron chi connectivity index (χ2n) is 6.43. The monoisotopic (exact) mass is 456 g/mol. The van der Waals surface area contributed by atoms with Gasteiger partial charge in [0.05, 0.1) is 31.4 Å². The first-order valence-electron chi connectivity index (χ1n) is 9.01. The largest absolute Gasteiger partial charge is 0.493 e. The molecular formula is C20H25ClN2O6S. The van der Waals surface area contributed by atoms with Crippen molar-refractivity contribution in [3.05, 3.63) is 47.5 Å². The van der Waals surface area contributed by atoms with Crippen LogP contribution in [0.25, 0.3) is 0 Å². The second kappa shape index (κ2) is 10.5. The van der Waals surface area contributed by atoms with E-state index in [2.05, 4.69) is 5.32 Å². The van der Waals surface area contributed by atoms with Gasteiger partial charge in [-0.1, -0.05) is 11.6 Å². The third kappa shape index (κ3) is 5.78. The zero-order chi connectivity index (χ0) is 22.3. The normalized spacial score (nSPS) is 12.2. The predicted molar refractivity (Wildman–Crippen MR) is 115 cm³/mol. The van der Waals surface area contributed by atoms with Gasteiger partial charge in [-0.05, 0) is 43.3 Å². The zero-order valence-corrected chi connectivity index (χ0v) is 18.8. The summed E-state index contributed by atoms with van der Waals surface area (Å²) in [6, 6.07) is 10.1. The minimum atomic E-state index is -4.11. The molecule has 0 spiro atoms. The quantitative estimate of drug-likeness (QED) is 0.590. The number of amides is 1. The molecule has 164 valence electrons. The fourth-order valence-electron chi connectivity index (χ4n) is 2.77. The molecule has 30 heavy (non-hydrogen) atoms. The topological polar surface area (TPSA) is 94.2 Å². The summed E-state index contributed by atoms with van der Waals surface area (Å²) in [7, 11) is 0.281. The lowest BCUT2D eigenvalue weighted by Crippen LogP contribution is -2.44. The Labute approximate surface area is 181 Å². The van der Waals surface area contributed by atoms with E-state index in [-0.39, 0.29) is 16.7 Å². The van der Waals surface area contributed by atoms with Crippen molar-refractivity contribution >= 4 is 33.2 Å². The van der Waals surface area contributed by atoms with Crippen LogP contribution in [-0.2, 0) is 19.6 Å². The van der Waals surface area contributed by atoms with E-state index >= 15 is 0 Å². The van der Waals surface area contributed by atoms with Crippen LogP contribution in [0.4, 0.5) is 5.69 Å². The molecule has 0 saturated heterocycles. The lowest BCUT2D eigenvalue weighted by atomic mass is 10.3. The summed E-state index contributed by atoms with van der Waals surface area (Å²) in [5, 5.41) is 3.16. The van der Waals surface area contributed by atoms with Crippen LogP contribution in [-0.4, -0.2) is 54.8 Å². The van der Waals surface area contributed by atoms with E-state index in [0.29, 0.717) is 23.1 Å². The third-order valence-electron chi connectivity index (χ3n) is 4.17. The standard InChI is InChI=1S/C20H25ClN2O6S/c1-14(13-27-2)22-20(24)12-23(16-7-5-15(21)6-8-16)30(25,26)17-9-10-18(28-3)19(11-17)29-4/h5-11,14H,12-13H2,1-4H3,(H,22,24)/t14-/m0/s1. The van der Waals surface area contributed by atoms with Gasteiger partial charge < -0.3 is 19.5 Å². The van der Waals surface area contributed by atoms with Crippen LogP contribution in [0.3, 0.4) is 0 Å². The minimum absolute atomic E-state index is 0.0483. The van der Waals surface area contributed by atoms with Crippen molar-refractivity contribution in [3.63, 3.8) is 0 Å². The fourth-order valence-corrected chi connectivity index (χ4v) is 4.33. The predicted octanol–water partition coefficient (Wildman–Crippen LogP) is 2.70. The molecule has 0 fully saturated rings. The summed E-state index contributed by atoms with van der Waals surface area (Å²) in [5.41, 5.74) is 0.295. The number of sulfonamides is 1. The molecule has 0 saturated carbocycles. The highest BCUT2D eigenvalue weighted by atomic mass is 35.5. The van der Waals surface area contributed by atoms with Gasteiger partial charge >= 0.3 is 0 Å². The molecule has 10 heteroatoms. The Hall–Kier alpha value is -2.49. The average molecular weight is 457 g/mol. The van der Waals surface area contributed by atoms with Gasteiger partial charge in [0, 0.05) is 24.2 Å². The van der Waals surface area contributed by atoms with Crippen LogP contribution >= 0.6 is 11.6 Å². The number of hydrogen-bond acceptors (Lipinski definition) is 6. The van der Waals surface area contributed by atoms with Crippen LogP contribution < -0.4 is 19.1 Å². The Morgan fingerprint density at radius 3 is 2.27 bits per heavy atom. The number of halogens is 1. The summed E-state index contributed by atoms with van der Waals surface area (Å²) in [5.74, 6) is 0.173. The maximum atomic E-state index is 13.4. The highest BCUT2D eigenvalue weighted by Crippen LogP contribution is 2.32. The molecule has 8 nitrogen and oxygen atoms in total. The van der Waals surface area contributed by atoms with E-state index < -0.39 is 22.5 Å². The highest BCUT2D eigenvalue weighted by Gasteiger charge is 2.28. The van der Waals surface area contributed by atoms with Crippen molar-refractivity contribution in [1.82, 2.24) is 5.32 Å². The van der Waals surface area contributed by atoms with Crippen LogP contribution in [0.2, 0.25) is 5.02 Å². The summed E-state index contributed by atoms with van der Waals surface area (Å²) >= 11 is 5.94. The molecular weight excluding hydrogens is 432 g/mol. The maximum absolute atomic E-state index is 13.4. The van der Waals surface area contributed by atoms with Gasteiger partial charge in [-0.3, -0.25) is 9.10 Å². The van der Waals surface area contributed by atoms with Crippen molar-refractivity contribution in [2.75, 3.05) is 38.8 Å². The van der Waals surface area contributed by atoms with Crippen molar-refractivity contribution in [3.8, 4) is 11.5 Å². The average Bonchev–Trinajstić information content (AvgIpc) is 2.72. The Balaban J connectivity index is 2.44. The molecule has 0 aliphatic carbocycles. The lowest BCUT2D eigenvalue weighted by molar-refractivity contribution is -0.120. The van der Waals surface area contributed by atoms with E-state index in [1.54, 1.807) is 19.1 Å². The number of anilines is 1. The zero-order valence-electron chi connectivity index (χ0n) is 17.2. The molecule has 0 aromatic heterocycles. The first-order valence-corrected chi connectivity index (χ1v) is 10.8. The molecule has 0 bridgehead atoms. The molecule has 0 aliphatic heterocycles. The van der Waals surface area contributed by atoms with Gasteiger partial charge in [0.1, 0.15) is 6.54 Å². The lowest BCUT2D eigenvalue weighted by Gasteiger charge is -2.25. The SMILES string of the molecule is COC[C@H](C)NC(=O)CN(c1ccc(Cl)cc1)S(=O)(=O)c1ccc(OC)c(OC)c1. The summed E-state index contributed by atoms with van der Waals surface area (Å²) in [4.78, 5) is 12.5. The summed E-state index contributed by atoms with van der Waals surface area (Å²) < 4.78 is 43.3. The molecule has 1 atom stereocenters. The smallest absolute Gasteiger partial charge is 0.264 e. The number of nitrogens with zero attached hydrogens (tertiary/aromatic N) is 1. The van der Waals surface area contributed by atoms with Gasteiger partial charge in [-0.15, -0.1) is 0 Å². The molecule has 0 aliphatic rings. The summed E-state index contributed by atoms with van der Waals surface area (Å²) in [6.45, 7) is 1.64. The van der Waals surface area contributed by atoms with E-state index in [1.807, 2.05) is 0 Å². The Kier molecular flexibility index (Phi) is 8.33. The van der Waals surface area contributed by atoms with Crippen LogP contribution in [0.1, 0.15) is 6.92 Å². The van der Waals surface area contributed by atoms with Crippen LogP contribution in [0, 0.1) is 0 Å². The third-order valence-corrected chi connectivity index (χ3v) is 6.19. The first kappa shape index (κ1) is 23.8. The number of carbonyl (C=O) groups is 1.